The third kappa shape index (κ3) is 1.20. The number of halogens is 1. The summed E-state index contributed by atoms with van der Waals surface area (Å²) in [7, 11) is 0. The molecule has 0 saturated heterocycles. The molecule has 0 aliphatic heterocycles. The van der Waals surface area contributed by atoms with Crippen LogP contribution in [0.15, 0.2) is 30.3 Å². The molecular formula is C12H9FN2. The largest absolute Gasteiger partial charge is 0.314 e. The first kappa shape index (κ1) is 8.41. The normalized spacial score (nSPS) is 11.3. The molecule has 15 heavy (non-hydrogen) atoms. The highest BCUT2D eigenvalue weighted by atomic mass is 19.1. The van der Waals surface area contributed by atoms with Gasteiger partial charge in [-0.2, -0.15) is 4.39 Å². The first-order valence-corrected chi connectivity index (χ1v) is 4.78. The zero-order valence-electron chi connectivity index (χ0n) is 8.21. The summed E-state index contributed by atoms with van der Waals surface area (Å²) in [5.41, 5.74) is 2.63. The van der Waals surface area contributed by atoms with Crippen LogP contribution in [0, 0.1) is 13.0 Å². The maximum atomic E-state index is 13.0. The van der Waals surface area contributed by atoms with E-state index in [0.717, 1.165) is 16.3 Å². The van der Waals surface area contributed by atoms with Gasteiger partial charge in [0.1, 0.15) is 0 Å². The lowest BCUT2D eigenvalue weighted by molar-refractivity contribution is 0.556. The predicted octanol–water partition coefficient (Wildman–Crippen LogP) is 3.16. The topological polar surface area (TPSA) is 28.7 Å². The minimum atomic E-state index is -0.530. The van der Waals surface area contributed by atoms with Crippen molar-refractivity contribution in [2.24, 2.45) is 0 Å². The molecule has 0 aliphatic rings. The molecular weight excluding hydrogens is 191 g/mol. The van der Waals surface area contributed by atoms with E-state index in [-0.39, 0.29) is 0 Å². The van der Waals surface area contributed by atoms with Crippen molar-refractivity contribution in [2.75, 3.05) is 0 Å². The van der Waals surface area contributed by atoms with E-state index in [0.29, 0.717) is 5.52 Å². The van der Waals surface area contributed by atoms with Gasteiger partial charge in [0.25, 0.3) is 6.08 Å². The SMILES string of the molecule is Cc1ccc2c(ccc3[nH]c(F)nc32)c1. The van der Waals surface area contributed by atoms with Gasteiger partial charge in [0.05, 0.1) is 11.0 Å². The van der Waals surface area contributed by atoms with Crippen LogP contribution < -0.4 is 0 Å². The summed E-state index contributed by atoms with van der Waals surface area (Å²) < 4.78 is 13.0. The summed E-state index contributed by atoms with van der Waals surface area (Å²) in [5, 5.41) is 2.08. The highest BCUT2D eigenvalue weighted by molar-refractivity contribution is 6.04. The van der Waals surface area contributed by atoms with Crippen molar-refractivity contribution >= 4 is 21.8 Å². The van der Waals surface area contributed by atoms with Crippen LogP contribution in [0.1, 0.15) is 5.56 Å². The summed E-state index contributed by atoms with van der Waals surface area (Å²) in [4.78, 5) is 6.44. The third-order valence-electron chi connectivity index (χ3n) is 2.59. The van der Waals surface area contributed by atoms with Crippen LogP contribution >= 0.6 is 0 Å². The molecule has 0 radical (unpaired) electrons. The predicted molar refractivity (Wildman–Crippen MR) is 58.3 cm³/mol. The molecule has 1 aromatic heterocycles. The number of benzene rings is 2. The maximum absolute atomic E-state index is 13.0. The van der Waals surface area contributed by atoms with Crippen molar-refractivity contribution in [3.8, 4) is 0 Å². The minimum absolute atomic E-state index is 0.530. The van der Waals surface area contributed by atoms with Gasteiger partial charge in [-0.15, -0.1) is 0 Å². The van der Waals surface area contributed by atoms with Crippen molar-refractivity contribution < 1.29 is 4.39 Å². The Morgan fingerprint density at radius 1 is 1.20 bits per heavy atom. The molecule has 0 aliphatic carbocycles. The maximum Gasteiger partial charge on any atom is 0.287 e. The lowest BCUT2D eigenvalue weighted by Gasteiger charge is -1.99. The Balaban J connectivity index is 2.53. The van der Waals surface area contributed by atoms with Crippen LogP contribution in [-0.2, 0) is 0 Å². The highest BCUT2D eigenvalue weighted by Crippen LogP contribution is 2.24. The number of imidazole rings is 1. The fourth-order valence-electron chi connectivity index (χ4n) is 1.89. The van der Waals surface area contributed by atoms with E-state index < -0.39 is 6.08 Å². The molecule has 0 amide bonds. The zero-order chi connectivity index (χ0) is 10.4. The van der Waals surface area contributed by atoms with Crippen LogP contribution in [0.5, 0.6) is 0 Å². The number of nitrogens with one attached hydrogen (secondary N) is 1. The molecule has 1 N–H and O–H groups in total. The van der Waals surface area contributed by atoms with Crippen LogP contribution in [0.4, 0.5) is 4.39 Å². The molecule has 3 aromatic rings. The van der Waals surface area contributed by atoms with E-state index in [1.807, 2.05) is 31.2 Å². The Morgan fingerprint density at radius 2 is 2.07 bits per heavy atom. The van der Waals surface area contributed by atoms with Crippen molar-refractivity contribution in [3.05, 3.63) is 42.0 Å². The molecule has 2 aromatic carbocycles. The number of hydrogen-bond acceptors (Lipinski definition) is 1. The monoisotopic (exact) mass is 200 g/mol. The Hall–Kier alpha value is -1.90. The molecule has 0 unspecified atom stereocenters. The summed E-state index contributed by atoms with van der Waals surface area (Å²) in [6.45, 7) is 2.04. The Morgan fingerprint density at radius 3 is 2.93 bits per heavy atom. The third-order valence-corrected chi connectivity index (χ3v) is 2.59. The second-order valence-corrected chi connectivity index (χ2v) is 3.71. The second-order valence-electron chi connectivity index (χ2n) is 3.71. The number of fused-ring (bicyclic) bond motifs is 3. The fraction of sp³-hybridized carbons (Fsp3) is 0.0833. The van der Waals surface area contributed by atoms with Gasteiger partial charge < -0.3 is 4.98 Å². The highest BCUT2D eigenvalue weighted by Gasteiger charge is 2.05. The van der Waals surface area contributed by atoms with Crippen LogP contribution in [0.2, 0.25) is 0 Å². The Labute approximate surface area is 85.8 Å². The van der Waals surface area contributed by atoms with E-state index >= 15 is 0 Å². The number of rotatable bonds is 0. The summed E-state index contributed by atoms with van der Waals surface area (Å²) in [5.74, 6) is 0. The molecule has 3 rings (SSSR count). The van der Waals surface area contributed by atoms with Crippen molar-refractivity contribution in [2.45, 2.75) is 6.92 Å². The van der Waals surface area contributed by atoms with E-state index in [2.05, 4.69) is 16.0 Å². The van der Waals surface area contributed by atoms with Crippen molar-refractivity contribution in [1.82, 2.24) is 9.97 Å². The van der Waals surface area contributed by atoms with Crippen molar-refractivity contribution in [1.29, 1.82) is 0 Å². The van der Waals surface area contributed by atoms with Crippen LogP contribution in [0.25, 0.3) is 21.8 Å². The summed E-state index contributed by atoms with van der Waals surface area (Å²) in [6.07, 6.45) is -0.530. The van der Waals surface area contributed by atoms with E-state index in [1.165, 1.54) is 5.56 Å². The van der Waals surface area contributed by atoms with Crippen LogP contribution in [-0.4, -0.2) is 9.97 Å². The molecule has 1 heterocycles. The molecule has 2 nitrogen and oxygen atoms in total. The van der Waals surface area contributed by atoms with E-state index in [4.69, 9.17) is 0 Å². The van der Waals surface area contributed by atoms with Gasteiger partial charge in [0.2, 0.25) is 0 Å². The lowest BCUT2D eigenvalue weighted by Crippen LogP contribution is -1.78. The molecule has 0 atom stereocenters. The molecule has 74 valence electrons. The Kier molecular flexibility index (Phi) is 1.57. The van der Waals surface area contributed by atoms with Gasteiger partial charge in [0.15, 0.2) is 0 Å². The molecule has 0 saturated carbocycles. The van der Waals surface area contributed by atoms with Gasteiger partial charge in [0, 0.05) is 5.39 Å². The number of H-pyrrole nitrogens is 1. The lowest BCUT2D eigenvalue weighted by atomic mass is 10.1. The molecule has 0 bridgehead atoms. The average Bonchev–Trinajstić information content (AvgIpc) is 2.58. The van der Waals surface area contributed by atoms with Gasteiger partial charge in [-0.1, -0.05) is 29.8 Å². The van der Waals surface area contributed by atoms with E-state index in [1.54, 1.807) is 0 Å². The molecule has 0 fully saturated rings. The number of aryl methyl sites for hydroxylation is 1. The zero-order valence-corrected chi connectivity index (χ0v) is 8.21. The summed E-state index contributed by atoms with van der Waals surface area (Å²) in [6, 6.07) is 9.89. The molecule has 3 heteroatoms. The van der Waals surface area contributed by atoms with Crippen LogP contribution in [0.3, 0.4) is 0 Å². The van der Waals surface area contributed by atoms with Gasteiger partial charge >= 0.3 is 0 Å². The van der Waals surface area contributed by atoms with Crippen molar-refractivity contribution in [3.63, 3.8) is 0 Å². The number of aromatic nitrogens is 2. The van der Waals surface area contributed by atoms with E-state index in [9.17, 15) is 4.39 Å². The summed E-state index contributed by atoms with van der Waals surface area (Å²) >= 11 is 0. The average molecular weight is 200 g/mol. The first-order chi connectivity index (χ1) is 7.24. The standard InChI is InChI=1S/C12H9FN2/c1-7-2-4-9-8(6-7)3-5-10-11(9)15-12(13)14-10/h2-6H,1H3,(H,14,15). The van der Waals surface area contributed by atoms with Gasteiger partial charge in [-0.3, -0.25) is 0 Å². The fourth-order valence-corrected chi connectivity index (χ4v) is 1.89. The number of hydrogen-bond donors (Lipinski definition) is 1. The Bertz CT molecular complexity index is 655. The minimum Gasteiger partial charge on any atom is -0.314 e. The molecule has 0 spiro atoms. The first-order valence-electron chi connectivity index (χ1n) is 4.78. The second kappa shape index (κ2) is 2.79. The smallest absolute Gasteiger partial charge is 0.287 e. The van der Waals surface area contributed by atoms with Gasteiger partial charge in [-0.25, -0.2) is 4.98 Å². The number of aromatic amines is 1. The quantitative estimate of drug-likeness (QED) is 0.593. The van der Waals surface area contributed by atoms with Gasteiger partial charge in [-0.05, 0) is 18.4 Å². The number of nitrogens with zero attached hydrogens (tertiary/aromatic N) is 1.